The number of hydrogen-bond donors (Lipinski definition) is 0. The normalized spacial score (nSPS) is 37.0. The first-order valence-electron chi connectivity index (χ1n) is 8.48. The van der Waals surface area contributed by atoms with Crippen molar-refractivity contribution in [3.8, 4) is 0 Å². The number of hydrogen-bond acceptors (Lipinski definition) is 4. The van der Waals surface area contributed by atoms with E-state index < -0.39 is 0 Å². The van der Waals surface area contributed by atoms with Crippen molar-refractivity contribution in [3.63, 3.8) is 0 Å². The van der Waals surface area contributed by atoms with Crippen LogP contribution in [0.25, 0.3) is 0 Å². The van der Waals surface area contributed by atoms with E-state index in [4.69, 9.17) is 0 Å². The van der Waals surface area contributed by atoms with E-state index in [9.17, 15) is 4.79 Å². The quantitative estimate of drug-likeness (QED) is 0.737. The summed E-state index contributed by atoms with van der Waals surface area (Å²) in [5, 5.41) is 9.93. The van der Waals surface area contributed by atoms with E-state index in [-0.39, 0.29) is 11.3 Å². The molecule has 3 aliphatic rings. The van der Waals surface area contributed by atoms with Crippen molar-refractivity contribution >= 4 is 28.5 Å². The zero-order valence-electron chi connectivity index (χ0n) is 14.2. The molecule has 3 fully saturated rings. The average molecular weight is 321 g/mol. The van der Waals surface area contributed by atoms with Gasteiger partial charge in [-0.15, -0.1) is 5.10 Å². The van der Waals surface area contributed by atoms with Gasteiger partial charge in [0, 0.05) is 17.7 Å². The first-order valence-corrected chi connectivity index (χ1v) is 9.47. The number of amidine groups is 1. The van der Waals surface area contributed by atoms with Gasteiger partial charge in [-0.2, -0.15) is 5.10 Å². The molecule has 0 unspecified atom stereocenters. The predicted molar refractivity (Wildman–Crippen MR) is 93.2 cm³/mol. The third-order valence-corrected chi connectivity index (χ3v) is 7.31. The van der Waals surface area contributed by atoms with Gasteiger partial charge in [0.15, 0.2) is 5.17 Å². The number of nitrogens with zero attached hydrogens (tertiary/aromatic N) is 3. The minimum absolute atomic E-state index is 0.178. The molecule has 122 valence electrons. The highest BCUT2D eigenvalue weighted by molar-refractivity contribution is 8.15. The van der Waals surface area contributed by atoms with Gasteiger partial charge in [0.05, 0.1) is 5.75 Å². The van der Waals surface area contributed by atoms with Crippen molar-refractivity contribution in [3.05, 3.63) is 0 Å². The summed E-state index contributed by atoms with van der Waals surface area (Å²) in [4.78, 5) is 13.8. The number of unbranched alkanes of at least 4 members (excludes halogenated alkanes) is 1. The Labute approximate surface area is 137 Å². The van der Waals surface area contributed by atoms with E-state index in [0.29, 0.717) is 11.2 Å². The Morgan fingerprint density at radius 1 is 1.32 bits per heavy atom. The molecule has 2 aliphatic carbocycles. The van der Waals surface area contributed by atoms with Gasteiger partial charge in [-0.1, -0.05) is 45.9 Å². The lowest BCUT2D eigenvalue weighted by atomic mass is 9.70. The summed E-state index contributed by atoms with van der Waals surface area (Å²) in [5.74, 6) is 1.43. The van der Waals surface area contributed by atoms with Crippen LogP contribution in [0.15, 0.2) is 10.2 Å². The molecule has 4 nitrogen and oxygen atoms in total. The number of fused-ring (bicyclic) bond motifs is 2. The second kappa shape index (κ2) is 5.66. The van der Waals surface area contributed by atoms with Crippen molar-refractivity contribution < 1.29 is 4.79 Å². The third kappa shape index (κ3) is 2.32. The van der Waals surface area contributed by atoms with Gasteiger partial charge in [-0.05, 0) is 37.0 Å². The minimum atomic E-state index is 0.178. The summed E-state index contributed by atoms with van der Waals surface area (Å²) in [6.45, 7) is 10.0. The number of rotatable bonds is 4. The van der Waals surface area contributed by atoms with E-state index >= 15 is 0 Å². The largest absolute Gasteiger partial charge is 0.289 e. The SMILES string of the molecule is CCCCN1C(=O)CS/C1=N\N=C1/C[C@H]2CC[C@]1(C)C2(C)C. The van der Waals surface area contributed by atoms with Crippen LogP contribution in [0.4, 0.5) is 0 Å². The maximum absolute atomic E-state index is 12.0. The molecule has 0 aromatic rings. The van der Waals surface area contributed by atoms with Crippen LogP contribution >= 0.6 is 11.8 Å². The Morgan fingerprint density at radius 3 is 2.68 bits per heavy atom. The molecule has 3 rings (SSSR count). The molecule has 1 amide bonds. The number of thioether (sulfide) groups is 1. The first kappa shape index (κ1) is 16.0. The van der Waals surface area contributed by atoms with Crippen molar-refractivity contribution in [2.45, 2.75) is 59.8 Å². The third-order valence-electron chi connectivity index (χ3n) is 6.36. The summed E-state index contributed by atoms with van der Waals surface area (Å²) in [6.07, 6.45) is 5.72. The molecule has 5 heteroatoms. The summed E-state index contributed by atoms with van der Waals surface area (Å²) in [6, 6.07) is 0. The van der Waals surface area contributed by atoms with Crippen LogP contribution in [0, 0.1) is 16.7 Å². The maximum atomic E-state index is 12.0. The predicted octanol–water partition coefficient (Wildman–Crippen LogP) is 3.92. The summed E-state index contributed by atoms with van der Waals surface area (Å²) < 4.78 is 0. The molecular weight excluding hydrogens is 294 g/mol. The molecule has 1 aliphatic heterocycles. The molecule has 1 heterocycles. The molecule has 0 N–H and O–H groups in total. The Kier molecular flexibility index (Phi) is 4.12. The van der Waals surface area contributed by atoms with Crippen LogP contribution in [-0.2, 0) is 4.79 Å². The van der Waals surface area contributed by atoms with E-state index in [0.717, 1.165) is 36.9 Å². The van der Waals surface area contributed by atoms with Crippen LogP contribution in [0.3, 0.4) is 0 Å². The topological polar surface area (TPSA) is 45.0 Å². The Balaban J connectivity index is 1.80. The Bertz CT molecular complexity index is 540. The standard InChI is InChI=1S/C17H27N3OS/c1-5-6-9-20-14(21)11-22-15(20)19-18-13-10-12-7-8-17(13,4)16(12,2)3/h12H,5-11H2,1-4H3/b18-13+,19-15-/t12-,17+/m1/s1. The molecule has 1 saturated heterocycles. The van der Waals surface area contributed by atoms with Crippen molar-refractivity contribution in [1.29, 1.82) is 0 Å². The molecule has 0 spiro atoms. The van der Waals surface area contributed by atoms with Crippen molar-refractivity contribution in [1.82, 2.24) is 4.90 Å². The molecule has 2 saturated carbocycles. The van der Waals surface area contributed by atoms with Crippen LogP contribution < -0.4 is 0 Å². The van der Waals surface area contributed by atoms with Gasteiger partial charge in [-0.25, -0.2) is 0 Å². The highest BCUT2D eigenvalue weighted by atomic mass is 32.2. The van der Waals surface area contributed by atoms with Crippen LogP contribution in [0.5, 0.6) is 0 Å². The van der Waals surface area contributed by atoms with Crippen LogP contribution in [-0.4, -0.2) is 34.0 Å². The first-order chi connectivity index (χ1) is 10.4. The number of carbonyl (C=O) groups excluding carboxylic acids is 1. The molecule has 0 aromatic carbocycles. The molecular formula is C17H27N3OS. The lowest BCUT2D eigenvalue weighted by Gasteiger charge is -2.34. The number of carbonyl (C=O) groups is 1. The van der Waals surface area contributed by atoms with Gasteiger partial charge < -0.3 is 0 Å². The van der Waals surface area contributed by atoms with Crippen molar-refractivity contribution in [2.75, 3.05) is 12.3 Å². The summed E-state index contributed by atoms with van der Waals surface area (Å²) in [5.41, 5.74) is 1.76. The van der Waals surface area contributed by atoms with E-state index in [1.807, 2.05) is 4.90 Å². The fourth-order valence-electron chi connectivity index (χ4n) is 4.19. The van der Waals surface area contributed by atoms with Crippen LogP contribution in [0.1, 0.15) is 59.8 Å². The monoisotopic (exact) mass is 321 g/mol. The maximum Gasteiger partial charge on any atom is 0.239 e. The van der Waals surface area contributed by atoms with Crippen LogP contribution in [0.2, 0.25) is 0 Å². The molecule has 2 bridgehead atoms. The zero-order valence-corrected chi connectivity index (χ0v) is 15.0. The van der Waals surface area contributed by atoms with E-state index in [2.05, 4.69) is 37.9 Å². The smallest absolute Gasteiger partial charge is 0.239 e. The van der Waals surface area contributed by atoms with Gasteiger partial charge in [0.1, 0.15) is 0 Å². The lowest BCUT2D eigenvalue weighted by molar-refractivity contribution is -0.124. The highest BCUT2D eigenvalue weighted by Crippen LogP contribution is 2.64. The van der Waals surface area contributed by atoms with Crippen molar-refractivity contribution in [2.24, 2.45) is 27.0 Å². The second-order valence-electron chi connectivity index (χ2n) is 7.61. The highest BCUT2D eigenvalue weighted by Gasteiger charge is 2.60. The average Bonchev–Trinajstić information content (AvgIpc) is 3.00. The van der Waals surface area contributed by atoms with Gasteiger partial charge in [-0.3, -0.25) is 9.69 Å². The number of amides is 1. The zero-order chi connectivity index (χ0) is 16.0. The molecule has 0 radical (unpaired) electrons. The summed E-state index contributed by atoms with van der Waals surface area (Å²) >= 11 is 1.53. The Hall–Kier alpha value is -0.840. The fraction of sp³-hybridized carbons (Fsp3) is 0.824. The van der Waals surface area contributed by atoms with Gasteiger partial charge in [0.2, 0.25) is 5.91 Å². The van der Waals surface area contributed by atoms with Gasteiger partial charge in [0.25, 0.3) is 0 Å². The summed E-state index contributed by atoms with van der Waals surface area (Å²) in [7, 11) is 0. The molecule has 0 aromatic heterocycles. The second-order valence-corrected chi connectivity index (χ2v) is 8.55. The lowest BCUT2D eigenvalue weighted by Crippen LogP contribution is -2.33. The Morgan fingerprint density at radius 2 is 2.09 bits per heavy atom. The molecule has 2 atom stereocenters. The molecule has 22 heavy (non-hydrogen) atoms. The van der Waals surface area contributed by atoms with E-state index in [1.165, 1.54) is 30.3 Å². The van der Waals surface area contributed by atoms with Gasteiger partial charge >= 0.3 is 0 Å². The fourth-order valence-corrected chi connectivity index (χ4v) is 5.05. The van der Waals surface area contributed by atoms with E-state index in [1.54, 1.807) is 0 Å². The minimum Gasteiger partial charge on any atom is -0.289 e.